The van der Waals surface area contributed by atoms with E-state index < -0.39 is 35.5 Å². The summed E-state index contributed by atoms with van der Waals surface area (Å²) in [5, 5.41) is 21.7. The van der Waals surface area contributed by atoms with E-state index in [4.69, 9.17) is 5.73 Å². The summed E-state index contributed by atoms with van der Waals surface area (Å²) in [6.45, 7) is 5.17. The Morgan fingerprint density at radius 3 is 2.23 bits per heavy atom. The van der Waals surface area contributed by atoms with E-state index in [1.54, 1.807) is 20.8 Å². The number of aliphatic hydroxyl groups excluding tert-OH is 1. The standard InChI is InChI=1S/C16H30N2O4/c1-16(2,3)13(15(21)22)18-14(20)12(19)11(17)9-10-7-5-4-6-8-10/h10-13,19H,4-9,17H2,1-3H3,(H,18,20)(H,21,22)/t11-,12?,13?/m1/s1. The van der Waals surface area contributed by atoms with E-state index in [1.165, 1.54) is 19.3 Å². The Bertz CT molecular complexity index is 386. The van der Waals surface area contributed by atoms with Gasteiger partial charge in [-0.3, -0.25) is 4.79 Å². The molecule has 6 heteroatoms. The smallest absolute Gasteiger partial charge is 0.326 e. The fraction of sp³-hybridized carbons (Fsp3) is 0.875. The van der Waals surface area contributed by atoms with Gasteiger partial charge in [-0.05, 0) is 17.8 Å². The number of carbonyl (C=O) groups is 2. The van der Waals surface area contributed by atoms with E-state index in [9.17, 15) is 19.8 Å². The molecule has 0 heterocycles. The first kappa shape index (κ1) is 18.9. The van der Waals surface area contributed by atoms with Gasteiger partial charge in [0.25, 0.3) is 5.91 Å². The van der Waals surface area contributed by atoms with Gasteiger partial charge in [-0.15, -0.1) is 0 Å². The van der Waals surface area contributed by atoms with E-state index >= 15 is 0 Å². The molecule has 3 atom stereocenters. The van der Waals surface area contributed by atoms with Crippen LogP contribution in [-0.4, -0.2) is 40.3 Å². The number of rotatable bonds is 6. The van der Waals surface area contributed by atoms with Crippen molar-refractivity contribution in [1.82, 2.24) is 5.32 Å². The van der Waals surface area contributed by atoms with Gasteiger partial charge in [0, 0.05) is 6.04 Å². The molecule has 2 unspecified atom stereocenters. The Labute approximate surface area is 132 Å². The topological polar surface area (TPSA) is 113 Å². The third-order valence-corrected chi connectivity index (χ3v) is 4.40. The molecule has 6 nitrogen and oxygen atoms in total. The number of nitrogens with two attached hydrogens (primary N) is 1. The van der Waals surface area contributed by atoms with Crippen LogP contribution in [0.2, 0.25) is 0 Å². The maximum absolute atomic E-state index is 12.1. The Hall–Kier alpha value is -1.14. The average Bonchev–Trinajstić information content (AvgIpc) is 2.43. The number of aliphatic carboxylic acids is 1. The Morgan fingerprint density at radius 1 is 1.23 bits per heavy atom. The molecule has 1 fully saturated rings. The fourth-order valence-corrected chi connectivity index (χ4v) is 3.01. The number of hydrogen-bond acceptors (Lipinski definition) is 4. The summed E-state index contributed by atoms with van der Waals surface area (Å²) in [4.78, 5) is 23.3. The largest absolute Gasteiger partial charge is 0.480 e. The lowest BCUT2D eigenvalue weighted by Crippen LogP contribution is -2.55. The van der Waals surface area contributed by atoms with E-state index in [0.717, 1.165) is 12.8 Å². The van der Waals surface area contributed by atoms with Crippen LogP contribution in [0.25, 0.3) is 0 Å². The molecule has 1 rings (SSSR count). The monoisotopic (exact) mass is 314 g/mol. The second-order valence-corrected chi connectivity index (χ2v) is 7.49. The summed E-state index contributed by atoms with van der Waals surface area (Å²) in [6.07, 6.45) is 4.98. The second-order valence-electron chi connectivity index (χ2n) is 7.49. The second kappa shape index (κ2) is 7.92. The third-order valence-electron chi connectivity index (χ3n) is 4.40. The summed E-state index contributed by atoms with van der Waals surface area (Å²) in [7, 11) is 0. The lowest BCUT2D eigenvalue weighted by molar-refractivity contribution is -0.146. The summed E-state index contributed by atoms with van der Waals surface area (Å²) >= 11 is 0. The molecule has 1 amide bonds. The number of aliphatic hydroxyl groups is 1. The molecule has 1 saturated carbocycles. The number of nitrogens with one attached hydrogen (secondary N) is 1. The molecule has 0 aliphatic heterocycles. The molecule has 0 aromatic rings. The zero-order valence-electron chi connectivity index (χ0n) is 13.8. The van der Waals surface area contributed by atoms with Crippen molar-refractivity contribution in [3.63, 3.8) is 0 Å². The van der Waals surface area contributed by atoms with Crippen LogP contribution in [0.5, 0.6) is 0 Å². The van der Waals surface area contributed by atoms with Crippen LogP contribution >= 0.6 is 0 Å². The highest BCUT2D eigenvalue weighted by molar-refractivity contribution is 5.87. The summed E-state index contributed by atoms with van der Waals surface area (Å²) in [5.41, 5.74) is 5.31. The van der Waals surface area contributed by atoms with Crippen LogP contribution in [0, 0.1) is 11.3 Å². The number of amides is 1. The quantitative estimate of drug-likeness (QED) is 0.589. The zero-order valence-corrected chi connectivity index (χ0v) is 13.8. The van der Waals surface area contributed by atoms with Gasteiger partial charge < -0.3 is 21.3 Å². The van der Waals surface area contributed by atoms with Crippen LogP contribution in [0.3, 0.4) is 0 Å². The molecule has 0 saturated heterocycles. The predicted octanol–water partition coefficient (Wildman–Crippen LogP) is 1.26. The summed E-state index contributed by atoms with van der Waals surface area (Å²) in [5.74, 6) is -1.37. The minimum absolute atomic E-state index is 0.448. The van der Waals surface area contributed by atoms with Crippen LogP contribution in [-0.2, 0) is 9.59 Å². The molecule has 0 bridgehead atoms. The van der Waals surface area contributed by atoms with Crippen molar-refractivity contribution in [2.45, 2.75) is 77.5 Å². The Balaban J connectivity index is 2.57. The number of carbonyl (C=O) groups excluding carboxylic acids is 1. The lowest BCUT2D eigenvalue weighted by Gasteiger charge is -2.30. The lowest BCUT2D eigenvalue weighted by atomic mass is 9.83. The first-order chi connectivity index (χ1) is 10.1. The number of carboxylic acid groups (broad SMARTS) is 1. The van der Waals surface area contributed by atoms with Gasteiger partial charge in [0.05, 0.1) is 0 Å². The maximum Gasteiger partial charge on any atom is 0.326 e. The molecule has 0 radical (unpaired) electrons. The van der Waals surface area contributed by atoms with E-state index in [2.05, 4.69) is 5.32 Å². The average molecular weight is 314 g/mol. The molecule has 0 aromatic heterocycles. The van der Waals surface area contributed by atoms with E-state index in [1.807, 2.05) is 0 Å². The zero-order chi connectivity index (χ0) is 16.9. The van der Waals surface area contributed by atoms with Gasteiger partial charge in [-0.25, -0.2) is 4.79 Å². The van der Waals surface area contributed by atoms with Crippen molar-refractivity contribution in [2.75, 3.05) is 0 Å². The molecule has 128 valence electrons. The van der Waals surface area contributed by atoms with Crippen molar-refractivity contribution in [3.8, 4) is 0 Å². The van der Waals surface area contributed by atoms with Crippen LogP contribution in [0.1, 0.15) is 59.3 Å². The molecule has 1 aliphatic rings. The molecular weight excluding hydrogens is 284 g/mol. The first-order valence-corrected chi connectivity index (χ1v) is 8.09. The van der Waals surface area contributed by atoms with Crippen molar-refractivity contribution in [3.05, 3.63) is 0 Å². The van der Waals surface area contributed by atoms with Gasteiger partial charge in [0.15, 0.2) is 0 Å². The first-order valence-electron chi connectivity index (χ1n) is 8.09. The van der Waals surface area contributed by atoms with E-state index in [0.29, 0.717) is 12.3 Å². The molecular formula is C16H30N2O4. The maximum atomic E-state index is 12.1. The number of hydrogen-bond donors (Lipinski definition) is 4. The van der Waals surface area contributed by atoms with Crippen molar-refractivity contribution < 1.29 is 19.8 Å². The van der Waals surface area contributed by atoms with Crippen LogP contribution < -0.4 is 11.1 Å². The van der Waals surface area contributed by atoms with Gasteiger partial charge in [0.1, 0.15) is 12.1 Å². The highest BCUT2D eigenvalue weighted by Gasteiger charge is 2.35. The van der Waals surface area contributed by atoms with Gasteiger partial charge in [-0.1, -0.05) is 52.9 Å². The minimum Gasteiger partial charge on any atom is -0.480 e. The molecule has 5 N–H and O–H groups in total. The van der Waals surface area contributed by atoms with Crippen molar-refractivity contribution in [1.29, 1.82) is 0 Å². The predicted molar refractivity (Wildman–Crippen MR) is 84.2 cm³/mol. The van der Waals surface area contributed by atoms with Crippen molar-refractivity contribution >= 4 is 11.9 Å². The van der Waals surface area contributed by atoms with Crippen LogP contribution in [0.15, 0.2) is 0 Å². The molecule has 0 aromatic carbocycles. The van der Waals surface area contributed by atoms with E-state index in [-0.39, 0.29) is 0 Å². The Morgan fingerprint density at radius 2 is 1.77 bits per heavy atom. The normalized spacial score (nSPS) is 21.0. The third kappa shape index (κ3) is 5.57. The van der Waals surface area contributed by atoms with Gasteiger partial charge in [0.2, 0.25) is 0 Å². The van der Waals surface area contributed by atoms with Gasteiger partial charge >= 0.3 is 5.97 Å². The van der Waals surface area contributed by atoms with Gasteiger partial charge in [-0.2, -0.15) is 0 Å². The fourth-order valence-electron chi connectivity index (χ4n) is 3.01. The molecule has 1 aliphatic carbocycles. The van der Waals surface area contributed by atoms with Crippen LogP contribution in [0.4, 0.5) is 0 Å². The molecule has 22 heavy (non-hydrogen) atoms. The minimum atomic E-state index is -1.37. The summed E-state index contributed by atoms with van der Waals surface area (Å²) in [6, 6.07) is -1.71. The Kier molecular flexibility index (Phi) is 6.81. The highest BCUT2D eigenvalue weighted by atomic mass is 16.4. The number of carboxylic acids is 1. The highest BCUT2D eigenvalue weighted by Crippen LogP contribution is 2.27. The SMILES string of the molecule is CC(C)(C)C(NC(=O)C(O)[C@H](N)CC1CCCCC1)C(=O)O. The van der Waals surface area contributed by atoms with Crippen molar-refractivity contribution in [2.24, 2.45) is 17.1 Å². The summed E-state index contributed by atoms with van der Waals surface area (Å²) < 4.78 is 0. The molecule has 0 spiro atoms.